The van der Waals surface area contributed by atoms with Gasteiger partial charge in [0.2, 0.25) is 0 Å². The number of nitrogens with one attached hydrogen (secondary N) is 1. The minimum atomic E-state index is -0.598. The first-order valence-electron chi connectivity index (χ1n) is 9.27. The highest BCUT2D eigenvalue weighted by Crippen LogP contribution is 2.39. The van der Waals surface area contributed by atoms with Gasteiger partial charge in [0.1, 0.15) is 11.4 Å². The maximum absolute atomic E-state index is 12.2. The predicted octanol–water partition coefficient (Wildman–Crippen LogP) is 3.53. The van der Waals surface area contributed by atoms with Gasteiger partial charge in [-0.2, -0.15) is 9.78 Å². The molecule has 0 aliphatic rings. The summed E-state index contributed by atoms with van der Waals surface area (Å²) in [6.45, 7) is 0. The zero-order valence-electron chi connectivity index (χ0n) is 17.4. The van der Waals surface area contributed by atoms with Gasteiger partial charge in [0.25, 0.3) is 0 Å². The molecule has 4 aromatic heterocycles. The Bertz CT molecular complexity index is 1240. The van der Waals surface area contributed by atoms with Crippen LogP contribution in [0, 0.1) is 0 Å². The number of nitrogens with zero attached hydrogens (tertiary/aromatic N) is 9. The second-order valence-electron chi connectivity index (χ2n) is 6.43. The number of methoxy groups -OCH3 is 1. The van der Waals surface area contributed by atoms with E-state index in [2.05, 4.69) is 40.6 Å². The lowest BCUT2D eigenvalue weighted by molar-refractivity contribution is 0.0601. The molecule has 0 bridgehead atoms. The highest BCUT2D eigenvalue weighted by molar-refractivity contribution is 7.19. The molecule has 0 saturated carbocycles. The van der Waals surface area contributed by atoms with Crippen molar-refractivity contribution in [2.75, 3.05) is 31.4 Å². The van der Waals surface area contributed by atoms with E-state index < -0.39 is 5.97 Å². The Labute approximate surface area is 186 Å². The summed E-state index contributed by atoms with van der Waals surface area (Å²) in [5.74, 6) is 1.02. The Morgan fingerprint density at radius 1 is 1.16 bits per heavy atom. The molecule has 0 spiro atoms. The van der Waals surface area contributed by atoms with E-state index in [1.54, 1.807) is 6.20 Å². The van der Waals surface area contributed by atoms with Crippen LogP contribution in [0.3, 0.4) is 0 Å². The van der Waals surface area contributed by atoms with Crippen molar-refractivity contribution in [2.45, 2.75) is 0 Å². The van der Waals surface area contributed by atoms with E-state index in [1.165, 1.54) is 47.9 Å². The van der Waals surface area contributed by atoms with Gasteiger partial charge in [-0.05, 0) is 12.1 Å². The Kier molecular flexibility index (Phi) is 6.07. The molecule has 162 valence electrons. The zero-order chi connectivity index (χ0) is 22.5. The molecule has 0 unspecified atom stereocenters. The molecule has 0 amide bonds. The normalized spacial score (nSPS) is 11.0. The third-order valence-corrected chi connectivity index (χ3v) is 5.15. The highest BCUT2D eigenvalue weighted by Gasteiger charge is 2.21. The number of hydrogen-bond acceptors (Lipinski definition) is 12. The van der Waals surface area contributed by atoms with Crippen molar-refractivity contribution in [2.24, 2.45) is 10.2 Å². The molecule has 0 aliphatic carbocycles. The fourth-order valence-corrected chi connectivity index (χ4v) is 3.32. The number of carbonyl (C=O) groups is 1. The van der Waals surface area contributed by atoms with Crippen molar-refractivity contribution in [3.05, 3.63) is 54.7 Å². The molecule has 13 heteroatoms. The van der Waals surface area contributed by atoms with Gasteiger partial charge in [-0.25, -0.2) is 19.7 Å². The largest absolute Gasteiger partial charge is 0.465 e. The molecule has 0 aromatic carbocycles. The van der Waals surface area contributed by atoms with Gasteiger partial charge in [-0.15, -0.1) is 10.2 Å². The maximum Gasteiger partial charge on any atom is 0.343 e. The molecular formula is C19H18N10O2S. The lowest BCUT2D eigenvalue weighted by Gasteiger charge is -2.05. The molecular weight excluding hydrogens is 432 g/mol. The second-order valence-corrected chi connectivity index (χ2v) is 7.39. The molecule has 0 radical (unpaired) electrons. The fraction of sp³-hybridized carbons (Fsp3) is 0.158. The molecule has 4 aromatic rings. The second kappa shape index (κ2) is 9.26. The van der Waals surface area contributed by atoms with Crippen molar-refractivity contribution < 1.29 is 9.53 Å². The lowest BCUT2D eigenvalue weighted by Crippen LogP contribution is -2.07. The summed E-state index contributed by atoms with van der Waals surface area (Å²) in [5.41, 5.74) is 0.137. The number of hydrogen-bond donors (Lipinski definition) is 1. The van der Waals surface area contributed by atoms with Gasteiger partial charge < -0.3 is 15.0 Å². The van der Waals surface area contributed by atoms with E-state index in [4.69, 9.17) is 4.74 Å². The zero-order valence-corrected chi connectivity index (χ0v) is 18.2. The number of thiazole rings is 1. The van der Waals surface area contributed by atoms with Crippen LogP contribution in [0.1, 0.15) is 10.4 Å². The molecule has 0 aliphatic heterocycles. The summed E-state index contributed by atoms with van der Waals surface area (Å²) >= 11 is 1.32. The SMILES string of the molecule is COC(=O)c1cnn(-c2cnccn2)c1/N=N/c1sc(N(C)C)nc1Nc1ccccn1. The van der Waals surface area contributed by atoms with Gasteiger partial charge in [-0.1, -0.05) is 17.4 Å². The highest BCUT2D eigenvalue weighted by atomic mass is 32.1. The molecule has 32 heavy (non-hydrogen) atoms. The van der Waals surface area contributed by atoms with Crippen LogP contribution in [0.25, 0.3) is 5.82 Å². The number of anilines is 3. The van der Waals surface area contributed by atoms with Gasteiger partial charge in [0.05, 0.1) is 19.5 Å². The van der Waals surface area contributed by atoms with Crippen LogP contribution in [0.15, 0.2) is 59.4 Å². The lowest BCUT2D eigenvalue weighted by atomic mass is 10.3. The molecule has 4 heterocycles. The summed E-state index contributed by atoms with van der Waals surface area (Å²) in [7, 11) is 5.04. The monoisotopic (exact) mass is 450 g/mol. The molecule has 1 N–H and O–H groups in total. The van der Waals surface area contributed by atoms with Crippen LogP contribution in [-0.2, 0) is 4.74 Å². The summed E-state index contributed by atoms with van der Waals surface area (Å²) in [6.07, 6.45) is 7.56. The standard InChI is InChI=1S/C19H18N10O2S/c1-28(2)19-25-15(24-13-6-4-5-7-21-13)17(32-19)27-26-16-12(18(30)31-3)10-23-29(16)14-11-20-8-9-22-14/h4-11H,1-3H3,(H,21,24)/b27-26+. The first kappa shape index (κ1) is 21.0. The minimum Gasteiger partial charge on any atom is -0.465 e. The van der Waals surface area contributed by atoms with E-state index in [0.29, 0.717) is 27.6 Å². The Morgan fingerprint density at radius 2 is 2.03 bits per heavy atom. The van der Waals surface area contributed by atoms with Crippen LogP contribution < -0.4 is 10.2 Å². The third-order valence-electron chi connectivity index (χ3n) is 4.04. The van der Waals surface area contributed by atoms with Crippen molar-refractivity contribution in [1.82, 2.24) is 29.7 Å². The molecule has 12 nitrogen and oxygen atoms in total. The molecule has 0 fully saturated rings. The van der Waals surface area contributed by atoms with E-state index in [9.17, 15) is 4.79 Å². The summed E-state index contributed by atoms with van der Waals surface area (Å²) in [4.78, 5) is 31.2. The quantitative estimate of drug-likeness (QED) is 0.331. The van der Waals surface area contributed by atoms with Crippen molar-refractivity contribution in [3.63, 3.8) is 0 Å². The van der Waals surface area contributed by atoms with Crippen LogP contribution in [-0.4, -0.2) is 56.9 Å². The summed E-state index contributed by atoms with van der Waals surface area (Å²) < 4.78 is 6.21. The van der Waals surface area contributed by atoms with E-state index >= 15 is 0 Å². The van der Waals surface area contributed by atoms with Crippen LogP contribution >= 0.6 is 11.3 Å². The van der Waals surface area contributed by atoms with Crippen LogP contribution in [0.5, 0.6) is 0 Å². The maximum atomic E-state index is 12.2. The average Bonchev–Trinajstić information content (AvgIpc) is 3.42. The number of carbonyl (C=O) groups excluding carboxylic acids is 1. The number of azo groups is 1. The molecule has 0 saturated heterocycles. The number of aromatic nitrogens is 6. The number of esters is 1. The van der Waals surface area contributed by atoms with E-state index in [0.717, 1.165) is 0 Å². The smallest absolute Gasteiger partial charge is 0.343 e. The van der Waals surface area contributed by atoms with Gasteiger partial charge >= 0.3 is 5.97 Å². The Morgan fingerprint density at radius 3 is 2.72 bits per heavy atom. The molecule has 0 atom stereocenters. The van der Waals surface area contributed by atoms with Crippen molar-refractivity contribution in [3.8, 4) is 5.82 Å². The number of ether oxygens (including phenoxy) is 1. The minimum absolute atomic E-state index is 0.137. The van der Waals surface area contributed by atoms with Crippen LogP contribution in [0.4, 0.5) is 27.6 Å². The van der Waals surface area contributed by atoms with E-state index in [1.807, 2.05) is 37.2 Å². The third kappa shape index (κ3) is 4.41. The summed E-state index contributed by atoms with van der Waals surface area (Å²) in [6, 6.07) is 5.49. The first-order valence-corrected chi connectivity index (χ1v) is 10.1. The Hall–Kier alpha value is -4.26. The topological polar surface area (TPSA) is 136 Å². The first-order chi connectivity index (χ1) is 15.6. The summed E-state index contributed by atoms with van der Waals surface area (Å²) in [5, 5.41) is 17.2. The number of pyridine rings is 1. The molecule has 4 rings (SSSR count). The van der Waals surface area contributed by atoms with Crippen molar-refractivity contribution >= 4 is 44.9 Å². The average molecular weight is 450 g/mol. The number of rotatable bonds is 7. The van der Waals surface area contributed by atoms with Crippen LogP contribution in [0.2, 0.25) is 0 Å². The predicted molar refractivity (Wildman–Crippen MR) is 119 cm³/mol. The fourth-order valence-electron chi connectivity index (χ4n) is 2.55. The van der Waals surface area contributed by atoms with Gasteiger partial charge in [0, 0.05) is 32.7 Å². The Balaban J connectivity index is 1.76. The van der Waals surface area contributed by atoms with Gasteiger partial charge in [0.15, 0.2) is 27.6 Å². The van der Waals surface area contributed by atoms with Crippen molar-refractivity contribution in [1.29, 1.82) is 0 Å². The van der Waals surface area contributed by atoms with E-state index in [-0.39, 0.29) is 11.4 Å². The van der Waals surface area contributed by atoms with Gasteiger partial charge in [-0.3, -0.25) is 4.98 Å².